The molecule has 1 fully saturated rings. The lowest BCUT2D eigenvalue weighted by Gasteiger charge is -2.45. The molecule has 2 N–H and O–H groups in total. The van der Waals surface area contributed by atoms with Gasteiger partial charge < -0.3 is 36.6 Å². The largest absolute Gasteiger partial charge is 1.00 e. The zero-order valence-corrected chi connectivity index (χ0v) is 18.9. The van der Waals surface area contributed by atoms with Crippen molar-refractivity contribution < 1.29 is 36.1 Å². The van der Waals surface area contributed by atoms with Crippen LogP contribution in [0.4, 0.5) is 4.79 Å². The van der Waals surface area contributed by atoms with Gasteiger partial charge in [0.1, 0.15) is 18.2 Å². The molecule has 2 aromatic carbocycles. The van der Waals surface area contributed by atoms with Gasteiger partial charge in [0.15, 0.2) is 0 Å². The van der Waals surface area contributed by atoms with Crippen LogP contribution < -0.4 is 22.3 Å². The van der Waals surface area contributed by atoms with Crippen molar-refractivity contribution in [3.05, 3.63) is 60.2 Å². The predicted octanol–water partition coefficient (Wildman–Crippen LogP) is 0.572. The van der Waals surface area contributed by atoms with E-state index in [0.717, 1.165) is 34.1 Å². The highest BCUT2D eigenvalue weighted by Crippen LogP contribution is 2.27. The molecule has 0 bridgehead atoms. The zero-order valence-electron chi connectivity index (χ0n) is 17.3. The number of ether oxygens (including phenoxy) is 1. The monoisotopic (exact) mass is 462 g/mol. The first-order valence-corrected chi connectivity index (χ1v) is 9.95. The van der Waals surface area contributed by atoms with Crippen LogP contribution in [0.15, 0.2) is 54.6 Å². The summed E-state index contributed by atoms with van der Waals surface area (Å²) in [5, 5.41) is 13.0. The summed E-state index contributed by atoms with van der Waals surface area (Å²) in [4.78, 5) is 12.4. The van der Waals surface area contributed by atoms with Gasteiger partial charge in [-0.25, -0.2) is 4.79 Å². The Labute approximate surface area is 184 Å². The summed E-state index contributed by atoms with van der Waals surface area (Å²) in [6.45, 7) is 3.11. The Kier molecular flexibility index (Phi) is 8.25. The number of amides is 1. The van der Waals surface area contributed by atoms with Crippen molar-refractivity contribution in [2.75, 3.05) is 20.6 Å². The third-order valence-electron chi connectivity index (χ3n) is 5.79. The molecule has 2 aromatic rings. The fourth-order valence-corrected chi connectivity index (χ4v) is 4.14. The van der Waals surface area contributed by atoms with Crippen LogP contribution in [-0.2, 0) is 11.3 Å². The fraction of sp³-hybridized carbons (Fsp3) is 0.435. The highest BCUT2D eigenvalue weighted by atomic mass is 79.9. The Bertz CT molecular complexity index is 796. The normalized spacial score (nSPS) is 21.5. The van der Waals surface area contributed by atoms with Crippen molar-refractivity contribution >= 4 is 6.09 Å². The van der Waals surface area contributed by atoms with E-state index in [-0.39, 0.29) is 29.1 Å². The Hall–Kier alpha value is -1.89. The number of quaternary nitrogens is 1. The number of nitrogens with zero attached hydrogens (tertiary/aromatic N) is 1. The van der Waals surface area contributed by atoms with E-state index in [0.29, 0.717) is 13.0 Å². The molecule has 0 spiro atoms. The standard InChI is InChI=1S/C23H30N2O3.BrH/c1-17(26)22-15-20(13-14-25(22,2)3)28-23(27)24-16-19-11-7-8-12-21(19)18-9-5-4-6-10-18;/h4-12,17,20,22,26H,13-16H2,1-3H3;1H/t17-,20-,22-;/m0./s1. The van der Waals surface area contributed by atoms with Gasteiger partial charge in [0.25, 0.3) is 0 Å². The van der Waals surface area contributed by atoms with Gasteiger partial charge in [-0.15, -0.1) is 0 Å². The summed E-state index contributed by atoms with van der Waals surface area (Å²) < 4.78 is 6.41. The van der Waals surface area contributed by atoms with E-state index in [9.17, 15) is 9.90 Å². The van der Waals surface area contributed by atoms with Gasteiger partial charge in [-0.05, 0) is 23.6 Å². The van der Waals surface area contributed by atoms with E-state index in [2.05, 4.69) is 37.6 Å². The summed E-state index contributed by atoms with van der Waals surface area (Å²) >= 11 is 0. The third-order valence-corrected chi connectivity index (χ3v) is 5.79. The number of aliphatic hydroxyl groups excluding tert-OH is 1. The first-order valence-electron chi connectivity index (χ1n) is 9.95. The van der Waals surface area contributed by atoms with Crippen molar-refractivity contribution in [3.8, 4) is 11.1 Å². The van der Waals surface area contributed by atoms with Gasteiger partial charge in [-0.2, -0.15) is 0 Å². The predicted molar refractivity (Wildman–Crippen MR) is 111 cm³/mol. The molecule has 3 atom stereocenters. The van der Waals surface area contributed by atoms with Crippen LogP contribution in [0.5, 0.6) is 0 Å². The molecule has 1 aliphatic heterocycles. The summed E-state index contributed by atoms with van der Waals surface area (Å²) in [7, 11) is 4.24. The quantitative estimate of drug-likeness (QED) is 0.638. The Morgan fingerprint density at radius 1 is 1.17 bits per heavy atom. The fourth-order valence-electron chi connectivity index (χ4n) is 4.14. The van der Waals surface area contributed by atoms with Crippen molar-refractivity contribution in [1.29, 1.82) is 0 Å². The molecule has 1 amide bonds. The van der Waals surface area contributed by atoms with Gasteiger partial charge in [-0.1, -0.05) is 54.6 Å². The van der Waals surface area contributed by atoms with E-state index >= 15 is 0 Å². The number of likely N-dealkylation sites (N-methyl/N-ethyl adjacent to an activating group) is 1. The van der Waals surface area contributed by atoms with Gasteiger partial charge >= 0.3 is 6.09 Å². The summed E-state index contributed by atoms with van der Waals surface area (Å²) in [5.74, 6) is 0. The SMILES string of the molecule is C[C@H](O)[C@@H]1C[C@@H](OC(=O)NCc2ccccc2-c2ccccc2)CC[N+]1(C)C.[Br-]. The topological polar surface area (TPSA) is 58.6 Å². The van der Waals surface area contributed by atoms with E-state index in [1.165, 1.54) is 0 Å². The molecule has 0 aliphatic carbocycles. The summed E-state index contributed by atoms with van der Waals surface area (Å²) in [5.41, 5.74) is 3.28. The molecule has 3 rings (SSSR count). The molecule has 1 heterocycles. The molecular formula is C23H31BrN2O3. The van der Waals surface area contributed by atoms with Crippen LogP contribution in [0, 0.1) is 0 Å². The number of hydrogen-bond acceptors (Lipinski definition) is 3. The minimum atomic E-state index is -0.429. The molecule has 29 heavy (non-hydrogen) atoms. The summed E-state index contributed by atoms with van der Waals surface area (Å²) in [6.07, 6.45) is 0.505. The maximum Gasteiger partial charge on any atom is 0.407 e. The van der Waals surface area contributed by atoms with Crippen molar-refractivity contribution in [2.24, 2.45) is 0 Å². The van der Waals surface area contributed by atoms with Gasteiger partial charge in [0.05, 0.1) is 20.6 Å². The number of aliphatic hydroxyl groups is 1. The second kappa shape index (κ2) is 10.2. The molecule has 1 saturated heterocycles. The number of halogens is 1. The maximum absolute atomic E-state index is 12.4. The third kappa shape index (κ3) is 6.04. The van der Waals surface area contributed by atoms with Crippen LogP contribution in [0.3, 0.4) is 0 Å². The van der Waals surface area contributed by atoms with Crippen LogP contribution in [-0.4, -0.2) is 54.6 Å². The number of carbonyl (C=O) groups excluding carboxylic acids is 1. The minimum absolute atomic E-state index is 0. The number of likely N-dealkylation sites (tertiary alicyclic amines) is 1. The molecular weight excluding hydrogens is 432 g/mol. The van der Waals surface area contributed by atoms with E-state index in [4.69, 9.17) is 4.74 Å². The van der Waals surface area contributed by atoms with Gasteiger partial charge in [-0.3, -0.25) is 0 Å². The van der Waals surface area contributed by atoms with Crippen molar-refractivity contribution in [3.63, 3.8) is 0 Å². The van der Waals surface area contributed by atoms with Crippen LogP contribution in [0.25, 0.3) is 11.1 Å². The second-order valence-electron chi connectivity index (χ2n) is 8.24. The number of rotatable bonds is 5. The molecule has 0 unspecified atom stereocenters. The first-order chi connectivity index (χ1) is 13.4. The molecule has 0 aromatic heterocycles. The zero-order chi connectivity index (χ0) is 20.1. The first kappa shape index (κ1) is 23.4. The average Bonchev–Trinajstić information content (AvgIpc) is 2.68. The number of alkyl carbamates (subject to hydrolysis) is 1. The molecule has 0 radical (unpaired) electrons. The van der Waals surface area contributed by atoms with Crippen molar-refractivity contribution in [2.45, 2.75) is 44.6 Å². The number of benzene rings is 2. The Balaban J connectivity index is 0.00000300. The smallest absolute Gasteiger partial charge is 0.407 e. The molecule has 158 valence electrons. The lowest BCUT2D eigenvalue weighted by molar-refractivity contribution is -0.924. The molecule has 6 heteroatoms. The number of nitrogens with one attached hydrogen (secondary N) is 1. The number of piperidine rings is 1. The second-order valence-corrected chi connectivity index (χ2v) is 8.24. The van der Waals surface area contributed by atoms with Crippen LogP contribution in [0.2, 0.25) is 0 Å². The number of hydrogen-bond donors (Lipinski definition) is 2. The highest BCUT2D eigenvalue weighted by molar-refractivity contribution is 5.70. The average molecular weight is 463 g/mol. The van der Waals surface area contributed by atoms with Gasteiger partial charge in [0.2, 0.25) is 0 Å². The Morgan fingerprint density at radius 2 is 1.83 bits per heavy atom. The lowest BCUT2D eigenvalue weighted by atomic mass is 9.94. The van der Waals surface area contributed by atoms with Crippen LogP contribution in [0.1, 0.15) is 25.3 Å². The number of carbonyl (C=O) groups is 1. The minimum Gasteiger partial charge on any atom is -1.00 e. The summed E-state index contributed by atoms with van der Waals surface area (Å²) in [6, 6.07) is 18.3. The van der Waals surface area contributed by atoms with E-state index < -0.39 is 12.2 Å². The van der Waals surface area contributed by atoms with E-state index in [1.807, 2.05) is 43.3 Å². The maximum atomic E-state index is 12.4. The van der Waals surface area contributed by atoms with Crippen molar-refractivity contribution in [1.82, 2.24) is 5.32 Å². The lowest BCUT2D eigenvalue weighted by Crippen LogP contribution is -3.00. The Morgan fingerprint density at radius 3 is 2.52 bits per heavy atom. The highest BCUT2D eigenvalue weighted by Gasteiger charge is 2.40. The molecule has 0 saturated carbocycles. The van der Waals surface area contributed by atoms with E-state index in [1.54, 1.807) is 0 Å². The molecule has 5 nitrogen and oxygen atoms in total. The van der Waals surface area contributed by atoms with Gasteiger partial charge in [0, 0.05) is 19.4 Å². The van der Waals surface area contributed by atoms with Crippen LogP contribution >= 0.6 is 0 Å². The molecule has 1 aliphatic rings.